The smallest absolute Gasteiger partial charge is 0.292 e. The molecular weight excluding hydrogens is 156 g/mol. The second-order valence-corrected chi connectivity index (χ2v) is 6.61. The Bertz CT molecular complexity index is 136. The van der Waals surface area contributed by atoms with Gasteiger partial charge in [0.25, 0.3) is 5.97 Å². The molecule has 0 amide bonds. The molecule has 0 aromatic heterocycles. The van der Waals surface area contributed by atoms with Crippen molar-refractivity contribution < 1.29 is 9.22 Å². The highest BCUT2D eigenvalue weighted by atomic mass is 28.3. The van der Waals surface area contributed by atoms with E-state index in [1.807, 2.05) is 33.9 Å². The van der Waals surface area contributed by atoms with E-state index in [0.29, 0.717) is 6.42 Å². The molecule has 11 heavy (non-hydrogen) atoms. The molecule has 0 aliphatic carbocycles. The molecule has 0 aromatic rings. The Morgan fingerprint density at radius 1 is 1.36 bits per heavy atom. The SMILES string of the molecule is C[SiH](C)OC(=O)CC(C)(C)C. The van der Waals surface area contributed by atoms with E-state index in [-0.39, 0.29) is 11.4 Å². The lowest BCUT2D eigenvalue weighted by Crippen LogP contribution is -2.20. The zero-order valence-corrected chi connectivity index (χ0v) is 9.26. The largest absolute Gasteiger partial charge is 0.523 e. The number of hydrogen-bond donors (Lipinski definition) is 0. The fourth-order valence-electron chi connectivity index (χ4n) is 0.738. The van der Waals surface area contributed by atoms with Crippen molar-refractivity contribution in [1.29, 1.82) is 0 Å². The van der Waals surface area contributed by atoms with Crippen LogP contribution in [-0.2, 0) is 9.22 Å². The molecule has 0 atom stereocenters. The third-order valence-corrected chi connectivity index (χ3v) is 1.78. The van der Waals surface area contributed by atoms with Crippen molar-refractivity contribution in [3.63, 3.8) is 0 Å². The Morgan fingerprint density at radius 3 is 2.09 bits per heavy atom. The first kappa shape index (κ1) is 10.7. The predicted molar refractivity (Wildman–Crippen MR) is 49.0 cm³/mol. The van der Waals surface area contributed by atoms with E-state index in [0.717, 1.165) is 0 Å². The van der Waals surface area contributed by atoms with Gasteiger partial charge in [-0.3, -0.25) is 4.79 Å². The van der Waals surface area contributed by atoms with Crippen LogP contribution in [0, 0.1) is 5.41 Å². The summed E-state index contributed by atoms with van der Waals surface area (Å²) < 4.78 is 5.13. The average molecular weight is 174 g/mol. The second-order valence-electron chi connectivity index (χ2n) is 4.28. The number of hydrogen-bond acceptors (Lipinski definition) is 2. The lowest BCUT2D eigenvalue weighted by Gasteiger charge is -2.17. The minimum absolute atomic E-state index is 0.0424. The Balaban J connectivity index is 3.71. The van der Waals surface area contributed by atoms with Crippen LogP contribution in [0.5, 0.6) is 0 Å². The van der Waals surface area contributed by atoms with Crippen LogP contribution in [0.15, 0.2) is 0 Å². The second kappa shape index (κ2) is 3.90. The Kier molecular flexibility index (Phi) is 3.79. The van der Waals surface area contributed by atoms with Crippen LogP contribution in [0.1, 0.15) is 27.2 Å². The first-order chi connectivity index (χ1) is 4.81. The van der Waals surface area contributed by atoms with Gasteiger partial charge >= 0.3 is 0 Å². The molecule has 0 N–H and O–H groups in total. The van der Waals surface area contributed by atoms with Gasteiger partial charge in [-0.2, -0.15) is 0 Å². The molecule has 0 radical (unpaired) electrons. The maximum absolute atomic E-state index is 11.1. The molecule has 3 heteroatoms. The van der Waals surface area contributed by atoms with Crippen LogP contribution in [0.3, 0.4) is 0 Å². The van der Waals surface area contributed by atoms with Crippen molar-refractivity contribution in [1.82, 2.24) is 0 Å². The van der Waals surface area contributed by atoms with Gasteiger partial charge < -0.3 is 4.43 Å². The van der Waals surface area contributed by atoms with Gasteiger partial charge in [0.05, 0.1) is 0 Å². The van der Waals surface area contributed by atoms with E-state index in [4.69, 9.17) is 4.43 Å². The molecule has 0 saturated carbocycles. The highest BCUT2D eigenvalue weighted by Gasteiger charge is 2.17. The lowest BCUT2D eigenvalue weighted by molar-refractivity contribution is -0.136. The van der Waals surface area contributed by atoms with E-state index >= 15 is 0 Å². The van der Waals surface area contributed by atoms with Crippen molar-refractivity contribution in [2.45, 2.75) is 40.3 Å². The monoisotopic (exact) mass is 174 g/mol. The third-order valence-electron chi connectivity index (χ3n) is 1.04. The molecule has 0 fully saturated rings. The van der Waals surface area contributed by atoms with Crippen LogP contribution in [-0.4, -0.2) is 15.0 Å². The van der Waals surface area contributed by atoms with Gasteiger partial charge in [0, 0.05) is 6.42 Å². The summed E-state index contributed by atoms with van der Waals surface area (Å²) in [6.45, 7) is 10.1. The Hall–Kier alpha value is -0.313. The van der Waals surface area contributed by atoms with Gasteiger partial charge in [-0.05, 0) is 18.5 Å². The summed E-state index contributed by atoms with van der Waals surface area (Å²) in [4.78, 5) is 11.1. The van der Waals surface area contributed by atoms with Crippen LogP contribution >= 0.6 is 0 Å². The number of rotatable bonds is 2. The molecule has 2 nitrogen and oxygen atoms in total. The Labute approximate surface area is 70.7 Å². The minimum atomic E-state index is -1.17. The minimum Gasteiger partial charge on any atom is -0.523 e. The van der Waals surface area contributed by atoms with E-state index in [9.17, 15) is 4.79 Å². The molecule has 0 spiro atoms. The van der Waals surface area contributed by atoms with Crippen LogP contribution in [0.25, 0.3) is 0 Å². The summed E-state index contributed by atoms with van der Waals surface area (Å²) in [5.41, 5.74) is 0.0559. The van der Waals surface area contributed by atoms with Gasteiger partial charge in [0.15, 0.2) is 0 Å². The van der Waals surface area contributed by atoms with Crippen molar-refractivity contribution in [2.24, 2.45) is 5.41 Å². The highest BCUT2D eigenvalue weighted by Crippen LogP contribution is 2.18. The first-order valence-electron chi connectivity index (χ1n) is 4.01. The molecule has 0 bridgehead atoms. The summed E-state index contributed by atoms with van der Waals surface area (Å²) in [5.74, 6) is -0.0424. The van der Waals surface area contributed by atoms with E-state index in [1.54, 1.807) is 0 Å². The van der Waals surface area contributed by atoms with Gasteiger partial charge in [0.1, 0.15) is 0 Å². The van der Waals surface area contributed by atoms with Gasteiger partial charge in [-0.1, -0.05) is 20.8 Å². The molecular formula is C8H18O2Si. The summed E-state index contributed by atoms with van der Waals surface area (Å²) in [7, 11) is -1.17. The van der Waals surface area contributed by atoms with Crippen molar-refractivity contribution >= 4 is 15.0 Å². The Morgan fingerprint density at radius 2 is 1.82 bits per heavy atom. The summed E-state index contributed by atoms with van der Waals surface area (Å²) in [6.07, 6.45) is 0.526. The van der Waals surface area contributed by atoms with Gasteiger partial charge in [-0.15, -0.1) is 0 Å². The molecule has 0 aliphatic rings. The molecule has 0 saturated heterocycles. The maximum Gasteiger partial charge on any atom is 0.292 e. The summed E-state index contributed by atoms with van der Waals surface area (Å²) >= 11 is 0. The first-order valence-corrected chi connectivity index (χ1v) is 6.79. The highest BCUT2D eigenvalue weighted by molar-refractivity contribution is 6.50. The van der Waals surface area contributed by atoms with Crippen molar-refractivity contribution in [3.05, 3.63) is 0 Å². The summed E-state index contributed by atoms with van der Waals surface area (Å²) in [6, 6.07) is 0. The molecule has 66 valence electrons. The van der Waals surface area contributed by atoms with Crippen LogP contribution in [0.4, 0.5) is 0 Å². The topological polar surface area (TPSA) is 26.3 Å². The van der Waals surface area contributed by atoms with E-state index in [2.05, 4.69) is 0 Å². The molecule has 0 rings (SSSR count). The van der Waals surface area contributed by atoms with Crippen molar-refractivity contribution in [3.8, 4) is 0 Å². The normalized spacial score (nSPS) is 11.8. The third kappa shape index (κ3) is 7.59. The van der Waals surface area contributed by atoms with Gasteiger partial charge in [0.2, 0.25) is 9.04 Å². The molecule has 0 unspecified atom stereocenters. The summed E-state index contributed by atoms with van der Waals surface area (Å²) in [5, 5.41) is 0. The maximum atomic E-state index is 11.1. The fourth-order valence-corrected chi connectivity index (χ4v) is 1.35. The molecule has 0 heterocycles. The lowest BCUT2D eigenvalue weighted by atomic mass is 9.93. The van der Waals surface area contributed by atoms with E-state index < -0.39 is 9.04 Å². The number of carbonyl (C=O) groups is 1. The fraction of sp³-hybridized carbons (Fsp3) is 0.875. The molecule has 0 aromatic carbocycles. The van der Waals surface area contributed by atoms with E-state index in [1.165, 1.54) is 0 Å². The predicted octanol–water partition coefficient (Wildman–Crippen LogP) is 1.95. The zero-order valence-electron chi connectivity index (χ0n) is 8.10. The van der Waals surface area contributed by atoms with Gasteiger partial charge in [-0.25, -0.2) is 0 Å². The quantitative estimate of drug-likeness (QED) is 0.598. The van der Waals surface area contributed by atoms with Crippen LogP contribution < -0.4 is 0 Å². The number of carbonyl (C=O) groups excluding carboxylic acids is 1. The molecule has 0 aliphatic heterocycles. The average Bonchev–Trinajstić information content (AvgIpc) is 1.53. The standard InChI is InChI=1S/C8H18O2Si/c1-8(2,3)6-7(9)10-11(4)5/h11H,6H2,1-5H3. The zero-order chi connectivity index (χ0) is 9.07. The van der Waals surface area contributed by atoms with Crippen LogP contribution in [0.2, 0.25) is 13.1 Å². The van der Waals surface area contributed by atoms with Crippen molar-refractivity contribution in [2.75, 3.05) is 0 Å².